The van der Waals surface area contributed by atoms with Gasteiger partial charge in [-0.1, -0.05) is 23.4 Å². The van der Waals surface area contributed by atoms with Crippen LogP contribution in [0.2, 0.25) is 0 Å². The zero-order valence-corrected chi connectivity index (χ0v) is 18.6. The van der Waals surface area contributed by atoms with Gasteiger partial charge in [-0.25, -0.2) is 8.42 Å². The van der Waals surface area contributed by atoms with Gasteiger partial charge in [0.1, 0.15) is 0 Å². The number of ether oxygens (including phenoxy) is 1. The molecule has 4 rings (SSSR count). The van der Waals surface area contributed by atoms with E-state index in [2.05, 4.69) is 10.1 Å². The number of benzene rings is 1. The Balaban J connectivity index is 1.28. The number of carbonyl (C=O) groups is 1. The highest BCUT2D eigenvalue weighted by Crippen LogP contribution is 2.38. The molecule has 0 aliphatic carbocycles. The number of hydrogen-bond donors (Lipinski definition) is 0. The number of rotatable bonds is 6. The fourth-order valence-electron chi connectivity index (χ4n) is 4.62. The van der Waals surface area contributed by atoms with Crippen molar-refractivity contribution in [3.05, 3.63) is 42.0 Å². The first-order valence-corrected chi connectivity index (χ1v) is 12.5. The van der Waals surface area contributed by atoms with E-state index in [4.69, 9.17) is 9.26 Å². The van der Waals surface area contributed by atoms with Gasteiger partial charge in [-0.2, -0.15) is 4.98 Å². The van der Waals surface area contributed by atoms with Gasteiger partial charge < -0.3 is 14.2 Å². The number of aromatic nitrogens is 2. The van der Waals surface area contributed by atoms with Crippen LogP contribution in [0.4, 0.5) is 0 Å². The molecule has 2 aliphatic heterocycles. The Labute approximate surface area is 182 Å². The van der Waals surface area contributed by atoms with E-state index in [1.54, 1.807) is 42.2 Å². The number of amides is 1. The van der Waals surface area contributed by atoms with Gasteiger partial charge in [0.25, 0.3) is 0 Å². The van der Waals surface area contributed by atoms with Crippen molar-refractivity contribution in [2.45, 2.75) is 55.9 Å². The lowest BCUT2D eigenvalue weighted by Gasteiger charge is -2.46. The van der Waals surface area contributed by atoms with Crippen LogP contribution in [0.15, 0.2) is 39.8 Å². The molecular formula is C22H29N3O5S. The van der Waals surface area contributed by atoms with Crippen LogP contribution in [0, 0.1) is 12.8 Å². The predicted octanol–water partition coefficient (Wildman–Crippen LogP) is 2.57. The van der Waals surface area contributed by atoms with E-state index in [1.807, 2.05) is 0 Å². The molecule has 168 valence electrons. The summed E-state index contributed by atoms with van der Waals surface area (Å²) in [6.45, 7) is 3.68. The zero-order chi connectivity index (χ0) is 21.9. The first kappa shape index (κ1) is 22.0. The fourth-order valence-corrected chi connectivity index (χ4v) is 5.87. The highest BCUT2D eigenvalue weighted by atomic mass is 32.2. The van der Waals surface area contributed by atoms with Crippen molar-refractivity contribution >= 4 is 15.7 Å². The predicted molar refractivity (Wildman–Crippen MR) is 113 cm³/mol. The van der Waals surface area contributed by atoms with Crippen LogP contribution in [0.25, 0.3) is 0 Å². The van der Waals surface area contributed by atoms with Crippen LogP contribution in [-0.2, 0) is 25.8 Å². The molecule has 2 saturated heterocycles. The standard InChI is InChI=1S/C22H29N3O5S/c1-17-23-20(24-30-17)15-18-7-13-29-22(16-18)9-11-25(12-10-22)21(26)8-14-31(27,28)19-5-3-2-4-6-19/h2-6,18H,7-16H2,1H3. The van der Waals surface area contributed by atoms with Crippen molar-refractivity contribution in [1.82, 2.24) is 15.0 Å². The average molecular weight is 448 g/mol. The molecule has 0 radical (unpaired) electrons. The van der Waals surface area contributed by atoms with Crippen LogP contribution in [0.5, 0.6) is 0 Å². The highest BCUT2D eigenvalue weighted by molar-refractivity contribution is 7.91. The molecule has 2 fully saturated rings. The van der Waals surface area contributed by atoms with Gasteiger partial charge in [0, 0.05) is 39.5 Å². The summed E-state index contributed by atoms with van der Waals surface area (Å²) in [4.78, 5) is 19.0. The van der Waals surface area contributed by atoms with E-state index in [9.17, 15) is 13.2 Å². The van der Waals surface area contributed by atoms with Crippen LogP contribution in [-0.4, -0.2) is 60.4 Å². The van der Waals surface area contributed by atoms with Crippen molar-refractivity contribution in [1.29, 1.82) is 0 Å². The van der Waals surface area contributed by atoms with Gasteiger partial charge in [-0.3, -0.25) is 4.79 Å². The van der Waals surface area contributed by atoms with E-state index in [-0.39, 0.29) is 28.6 Å². The van der Waals surface area contributed by atoms with Gasteiger partial charge in [-0.15, -0.1) is 0 Å². The molecule has 0 saturated carbocycles. The SMILES string of the molecule is Cc1nc(CC2CCOC3(CCN(C(=O)CCS(=O)(=O)c4ccccc4)CC3)C2)no1. The molecule has 3 heterocycles. The molecule has 8 nitrogen and oxygen atoms in total. The minimum absolute atomic E-state index is 0.00485. The largest absolute Gasteiger partial charge is 0.375 e. The third kappa shape index (κ3) is 5.33. The lowest BCUT2D eigenvalue weighted by molar-refractivity contribution is -0.146. The van der Waals surface area contributed by atoms with Crippen LogP contribution >= 0.6 is 0 Å². The average Bonchev–Trinajstić information content (AvgIpc) is 3.18. The summed E-state index contributed by atoms with van der Waals surface area (Å²) in [5, 5.41) is 4.01. The Bertz CT molecular complexity index is 997. The molecule has 1 aromatic heterocycles. The van der Waals surface area contributed by atoms with E-state index in [0.717, 1.165) is 37.9 Å². The quantitative estimate of drug-likeness (QED) is 0.670. The Morgan fingerprint density at radius 3 is 2.65 bits per heavy atom. The van der Waals surface area contributed by atoms with E-state index >= 15 is 0 Å². The summed E-state index contributed by atoms with van der Waals surface area (Å²) in [7, 11) is -3.45. The van der Waals surface area contributed by atoms with Gasteiger partial charge >= 0.3 is 0 Å². The Morgan fingerprint density at radius 2 is 1.97 bits per heavy atom. The minimum atomic E-state index is -3.45. The smallest absolute Gasteiger partial charge is 0.223 e. The van der Waals surface area contributed by atoms with Crippen molar-refractivity contribution in [2.75, 3.05) is 25.4 Å². The fraction of sp³-hybridized carbons (Fsp3) is 0.591. The number of sulfone groups is 1. The third-order valence-corrected chi connectivity index (χ3v) is 8.08. The number of nitrogens with zero attached hydrogens (tertiary/aromatic N) is 3. The molecule has 1 spiro atoms. The van der Waals surface area contributed by atoms with Crippen molar-refractivity contribution in [3.63, 3.8) is 0 Å². The van der Waals surface area contributed by atoms with Crippen LogP contribution in [0.3, 0.4) is 0 Å². The summed E-state index contributed by atoms with van der Waals surface area (Å²) in [6.07, 6.45) is 4.21. The first-order valence-electron chi connectivity index (χ1n) is 10.8. The molecule has 0 bridgehead atoms. The molecule has 2 aromatic rings. The van der Waals surface area contributed by atoms with Crippen LogP contribution < -0.4 is 0 Å². The van der Waals surface area contributed by atoms with Crippen molar-refractivity contribution in [2.24, 2.45) is 5.92 Å². The maximum Gasteiger partial charge on any atom is 0.223 e. The van der Waals surface area contributed by atoms with Gasteiger partial charge in [0.05, 0.1) is 16.2 Å². The topological polar surface area (TPSA) is 103 Å². The zero-order valence-electron chi connectivity index (χ0n) is 17.8. The first-order chi connectivity index (χ1) is 14.9. The maximum atomic E-state index is 12.6. The summed E-state index contributed by atoms with van der Waals surface area (Å²) in [5.41, 5.74) is -0.214. The molecule has 9 heteroatoms. The lowest BCUT2D eigenvalue weighted by Crippen LogP contribution is -2.51. The number of likely N-dealkylation sites (tertiary alicyclic amines) is 1. The second-order valence-electron chi connectivity index (χ2n) is 8.59. The number of hydrogen-bond acceptors (Lipinski definition) is 7. The summed E-state index contributed by atoms with van der Waals surface area (Å²) in [6, 6.07) is 8.29. The van der Waals surface area contributed by atoms with Crippen molar-refractivity contribution < 1.29 is 22.5 Å². The Hall–Kier alpha value is -2.26. The monoisotopic (exact) mass is 447 g/mol. The van der Waals surface area contributed by atoms with Gasteiger partial charge in [0.2, 0.25) is 11.8 Å². The van der Waals surface area contributed by atoms with Crippen LogP contribution in [0.1, 0.15) is 43.8 Å². The second kappa shape index (κ2) is 9.08. The van der Waals surface area contributed by atoms with Crippen molar-refractivity contribution in [3.8, 4) is 0 Å². The number of aryl methyl sites for hydroxylation is 1. The number of piperidine rings is 1. The van der Waals surface area contributed by atoms with E-state index < -0.39 is 9.84 Å². The molecule has 1 aromatic carbocycles. The summed E-state index contributed by atoms with van der Waals surface area (Å²) in [5.74, 6) is 1.48. The lowest BCUT2D eigenvalue weighted by atomic mass is 9.78. The molecule has 1 atom stereocenters. The normalized spacial score (nSPS) is 21.3. The second-order valence-corrected chi connectivity index (χ2v) is 10.7. The van der Waals surface area contributed by atoms with E-state index in [1.165, 1.54) is 0 Å². The summed E-state index contributed by atoms with van der Waals surface area (Å²) >= 11 is 0. The Kier molecular flexibility index (Phi) is 6.43. The minimum Gasteiger partial charge on any atom is -0.375 e. The van der Waals surface area contributed by atoms with Gasteiger partial charge in [0.15, 0.2) is 15.7 Å². The summed E-state index contributed by atoms with van der Waals surface area (Å²) < 4.78 is 36.1. The molecular weight excluding hydrogens is 418 g/mol. The van der Waals surface area contributed by atoms with E-state index in [0.29, 0.717) is 31.5 Å². The third-order valence-electron chi connectivity index (χ3n) is 6.35. The Morgan fingerprint density at radius 1 is 1.23 bits per heavy atom. The van der Waals surface area contributed by atoms with Gasteiger partial charge in [-0.05, 0) is 43.7 Å². The molecule has 0 N–H and O–H groups in total. The molecule has 2 aliphatic rings. The maximum absolute atomic E-state index is 12.6. The molecule has 1 amide bonds. The molecule has 31 heavy (non-hydrogen) atoms. The highest BCUT2D eigenvalue weighted by Gasteiger charge is 2.41. The molecule has 1 unspecified atom stereocenters. The number of carbonyl (C=O) groups excluding carboxylic acids is 1.